The van der Waals surface area contributed by atoms with Gasteiger partial charge in [0.05, 0.1) is 11.6 Å². The first-order valence-corrected chi connectivity index (χ1v) is 15.4. The molecule has 0 radical (unpaired) electrons. The van der Waals surface area contributed by atoms with E-state index < -0.39 is 36.3 Å². The Hall–Kier alpha value is -5.72. The van der Waals surface area contributed by atoms with Crippen LogP contribution in [0.2, 0.25) is 5.02 Å². The van der Waals surface area contributed by atoms with Crippen LogP contribution in [-0.4, -0.2) is 53.4 Å². The number of nitrogens with zero attached hydrogens (tertiary/aromatic N) is 3. The highest BCUT2D eigenvalue weighted by Crippen LogP contribution is 2.22. The molecule has 0 aliphatic rings. The van der Waals surface area contributed by atoms with Crippen molar-refractivity contribution in [2.24, 2.45) is 0 Å². The summed E-state index contributed by atoms with van der Waals surface area (Å²) in [6.45, 7) is 0.612. The Balaban J connectivity index is 1.35. The number of halogens is 3. The summed E-state index contributed by atoms with van der Waals surface area (Å²) in [7, 11) is 0. The van der Waals surface area contributed by atoms with Gasteiger partial charge in [-0.15, -0.1) is 0 Å². The van der Waals surface area contributed by atoms with E-state index in [0.717, 1.165) is 5.01 Å². The van der Waals surface area contributed by atoms with Crippen LogP contribution in [0.4, 0.5) is 25.1 Å². The molecule has 0 fully saturated rings. The van der Waals surface area contributed by atoms with Gasteiger partial charge in [-0.25, -0.2) is 24.0 Å². The lowest BCUT2D eigenvalue weighted by Crippen LogP contribution is -2.55. The number of hydrogen-bond donors (Lipinski definition) is 2. The number of ketones is 1. The number of amides is 3. The normalized spacial score (nSPS) is 11.4. The number of fused-ring (bicyclic) bond motifs is 1. The number of aromatic nitrogens is 1. The van der Waals surface area contributed by atoms with E-state index in [1.165, 1.54) is 48.4 Å². The van der Waals surface area contributed by atoms with Crippen molar-refractivity contribution in [3.05, 3.63) is 137 Å². The predicted octanol–water partition coefficient (Wildman–Crippen LogP) is 6.53. The van der Waals surface area contributed by atoms with Crippen molar-refractivity contribution in [1.82, 2.24) is 15.4 Å². The quantitative estimate of drug-likeness (QED) is 0.0821. The summed E-state index contributed by atoms with van der Waals surface area (Å²) in [5.74, 6) is -1.70. The third kappa shape index (κ3) is 8.80. The van der Waals surface area contributed by atoms with Gasteiger partial charge in [0.25, 0.3) is 0 Å². The summed E-state index contributed by atoms with van der Waals surface area (Å²) in [6, 6.07) is 23.9. The summed E-state index contributed by atoms with van der Waals surface area (Å²) >= 11 is 6.12. The van der Waals surface area contributed by atoms with E-state index in [4.69, 9.17) is 16.3 Å². The molecular formula is C36H30ClF2N5O5. The first kappa shape index (κ1) is 34.6. The Labute approximate surface area is 285 Å². The standard InChI is InChI=1S/C36H30ClF2N5O5/c1-23(46)44(41-19-27-8-5-9-32(39)34(27)37)31(21-49-36(48)42-33-17-28-16-29(38)13-10-26(28)18-40-33)20-43(22-45)30-14-11-25(12-15-30)35(47)24-6-3-2-4-7-24/h2-18,22,31,41H,19-21H2,1H3,(H,40,42,48)/t31-/m0/s1. The largest absolute Gasteiger partial charge is 0.447 e. The molecule has 3 amide bonds. The van der Waals surface area contributed by atoms with Crippen LogP contribution in [0.1, 0.15) is 28.4 Å². The zero-order valence-corrected chi connectivity index (χ0v) is 26.9. The molecule has 1 heterocycles. The second-order valence-electron chi connectivity index (χ2n) is 10.9. The highest BCUT2D eigenvalue weighted by atomic mass is 35.5. The highest BCUT2D eigenvalue weighted by molar-refractivity contribution is 6.31. The van der Waals surface area contributed by atoms with Crippen LogP contribution in [0.5, 0.6) is 0 Å². The van der Waals surface area contributed by atoms with Gasteiger partial charge >= 0.3 is 6.09 Å². The van der Waals surface area contributed by atoms with Gasteiger partial charge in [0.1, 0.15) is 30.1 Å². The highest BCUT2D eigenvalue weighted by Gasteiger charge is 2.27. The van der Waals surface area contributed by atoms with Gasteiger partial charge in [-0.2, -0.15) is 0 Å². The van der Waals surface area contributed by atoms with Crippen LogP contribution >= 0.6 is 11.6 Å². The Morgan fingerprint density at radius 3 is 2.37 bits per heavy atom. The monoisotopic (exact) mass is 685 g/mol. The fourth-order valence-corrected chi connectivity index (χ4v) is 5.24. The van der Waals surface area contributed by atoms with E-state index in [-0.39, 0.29) is 29.7 Å². The van der Waals surface area contributed by atoms with Crippen LogP contribution in [0, 0.1) is 11.6 Å². The van der Waals surface area contributed by atoms with Crippen molar-refractivity contribution in [3.8, 4) is 0 Å². The number of benzene rings is 4. The molecule has 2 N–H and O–H groups in total. The summed E-state index contributed by atoms with van der Waals surface area (Å²) < 4.78 is 33.3. The molecule has 5 rings (SSSR count). The first-order valence-electron chi connectivity index (χ1n) is 15.0. The van der Waals surface area contributed by atoms with Gasteiger partial charge in [-0.3, -0.25) is 24.7 Å². The molecule has 13 heteroatoms. The minimum Gasteiger partial charge on any atom is -0.447 e. The number of rotatable bonds is 13. The molecule has 49 heavy (non-hydrogen) atoms. The summed E-state index contributed by atoms with van der Waals surface area (Å²) in [5, 5.41) is 4.68. The van der Waals surface area contributed by atoms with Gasteiger partial charge in [-0.05, 0) is 65.5 Å². The summed E-state index contributed by atoms with van der Waals surface area (Å²) in [5.41, 5.74) is 4.58. The SMILES string of the molecule is CC(=O)N(NCc1cccc(F)c1Cl)[C@H](COC(=O)Nc1cc2cc(F)ccc2cn1)CN(C=O)c1ccc(C(=O)c2ccccc2)cc1. The molecule has 4 aromatic carbocycles. The number of nitrogens with one attached hydrogen (secondary N) is 2. The number of hydrogen-bond acceptors (Lipinski definition) is 7. The lowest BCUT2D eigenvalue weighted by atomic mass is 10.0. The molecule has 0 aliphatic carbocycles. The predicted molar refractivity (Wildman–Crippen MR) is 181 cm³/mol. The zero-order chi connectivity index (χ0) is 34.9. The van der Waals surface area contributed by atoms with Gasteiger partial charge in [0.2, 0.25) is 12.3 Å². The maximum absolute atomic E-state index is 14.1. The van der Waals surface area contributed by atoms with E-state index in [1.807, 2.05) is 0 Å². The average molecular weight is 686 g/mol. The topological polar surface area (TPSA) is 121 Å². The third-order valence-electron chi connectivity index (χ3n) is 7.53. The van der Waals surface area contributed by atoms with E-state index in [0.29, 0.717) is 39.6 Å². The van der Waals surface area contributed by atoms with E-state index >= 15 is 0 Å². The molecule has 5 aromatic rings. The minimum atomic E-state index is -0.981. The third-order valence-corrected chi connectivity index (χ3v) is 7.95. The summed E-state index contributed by atoms with van der Waals surface area (Å²) in [6.07, 6.45) is 1.08. The van der Waals surface area contributed by atoms with E-state index in [2.05, 4.69) is 15.7 Å². The van der Waals surface area contributed by atoms with Crippen molar-refractivity contribution >= 4 is 58.1 Å². The molecule has 0 spiro atoms. The van der Waals surface area contributed by atoms with E-state index in [1.54, 1.807) is 66.7 Å². The number of anilines is 2. The Morgan fingerprint density at radius 1 is 0.918 bits per heavy atom. The van der Waals surface area contributed by atoms with Crippen molar-refractivity contribution in [2.75, 3.05) is 23.4 Å². The molecule has 1 atom stereocenters. The Kier molecular flexibility index (Phi) is 11.2. The second-order valence-corrected chi connectivity index (χ2v) is 11.3. The molecule has 0 aliphatic heterocycles. The number of pyridine rings is 1. The Morgan fingerprint density at radius 2 is 1.65 bits per heavy atom. The molecule has 0 bridgehead atoms. The van der Waals surface area contributed by atoms with Crippen LogP contribution < -0.4 is 15.6 Å². The zero-order valence-electron chi connectivity index (χ0n) is 26.1. The van der Waals surface area contributed by atoms with Crippen molar-refractivity contribution in [1.29, 1.82) is 0 Å². The number of ether oxygens (including phenoxy) is 1. The molecular weight excluding hydrogens is 656 g/mol. The lowest BCUT2D eigenvalue weighted by molar-refractivity contribution is -0.136. The number of hydrazine groups is 1. The first-order chi connectivity index (χ1) is 23.6. The van der Waals surface area contributed by atoms with Gasteiger partial charge in [0.15, 0.2) is 5.78 Å². The second kappa shape index (κ2) is 15.9. The van der Waals surface area contributed by atoms with E-state index in [9.17, 15) is 28.0 Å². The van der Waals surface area contributed by atoms with Crippen LogP contribution in [0.15, 0.2) is 103 Å². The van der Waals surface area contributed by atoms with Crippen LogP contribution in [0.25, 0.3) is 10.8 Å². The minimum absolute atomic E-state index is 0.0756. The lowest BCUT2D eigenvalue weighted by Gasteiger charge is -2.34. The van der Waals surface area contributed by atoms with Crippen LogP contribution in [-0.2, 0) is 20.9 Å². The van der Waals surface area contributed by atoms with Crippen molar-refractivity contribution < 1.29 is 32.7 Å². The maximum atomic E-state index is 14.1. The van der Waals surface area contributed by atoms with Crippen molar-refractivity contribution in [2.45, 2.75) is 19.5 Å². The summed E-state index contributed by atoms with van der Waals surface area (Å²) in [4.78, 5) is 56.5. The average Bonchev–Trinajstić information content (AvgIpc) is 3.10. The van der Waals surface area contributed by atoms with Crippen molar-refractivity contribution in [3.63, 3.8) is 0 Å². The molecule has 0 saturated heterocycles. The molecule has 0 saturated carbocycles. The molecule has 250 valence electrons. The molecule has 0 unspecified atom stereocenters. The maximum Gasteiger partial charge on any atom is 0.412 e. The Bertz CT molecular complexity index is 1980. The number of carbonyl (C=O) groups excluding carboxylic acids is 4. The number of carbonyl (C=O) groups is 4. The smallest absolute Gasteiger partial charge is 0.412 e. The van der Waals surface area contributed by atoms with Gasteiger partial charge in [-0.1, -0.05) is 54.1 Å². The molecule has 1 aromatic heterocycles. The fourth-order valence-electron chi connectivity index (χ4n) is 5.05. The molecule has 10 nitrogen and oxygen atoms in total. The van der Waals surface area contributed by atoms with Crippen LogP contribution in [0.3, 0.4) is 0 Å². The van der Waals surface area contributed by atoms with Gasteiger partial charge in [0, 0.05) is 41.9 Å². The fraction of sp³-hybridized carbons (Fsp3) is 0.139. The van der Waals surface area contributed by atoms with Gasteiger partial charge < -0.3 is 9.64 Å².